The van der Waals surface area contributed by atoms with E-state index in [1.54, 1.807) is 6.92 Å². The van der Waals surface area contributed by atoms with Crippen molar-refractivity contribution < 1.29 is 14.4 Å². The van der Waals surface area contributed by atoms with Crippen LogP contribution in [0.25, 0.3) is 0 Å². The second-order valence-electron chi connectivity index (χ2n) is 3.51. The fraction of sp³-hybridized carbons (Fsp3) is 0.200. The highest BCUT2D eigenvalue weighted by molar-refractivity contribution is 5.85. The largest absolute Gasteiger partial charge is 0.476 e. The van der Waals surface area contributed by atoms with Crippen molar-refractivity contribution in [1.82, 2.24) is 14.9 Å². The predicted octanol–water partition coefficient (Wildman–Crippen LogP) is 0.286. The number of nitrogens with zero attached hydrogens (tertiary/aromatic N) is 3. The van der Waals surface area contributed by atoms with Crippen molar-refractivity contribution in [2.75, 3.05) is 0 Å². The summed E-state index contributed by atoms with van der Waals surface area (Å²) in [6, 6.07) is 2.69. The van der Waals surface area contributed by atoms with Gasteiger partial charge in [-0.15, -0.1) is 0 Å². The molecule has 0 unspecified atom stereocenters. The molecule has 7 heteroatoms. The van der Waals surface area contributed by atoms with Crippen molar-refractivity contribution in [3.05, 3.63) is 45.7 Å². The number of carbonyl (C=O) groups is 1. The summed E-state index contributed by atoms with van der Waals surface area (Å²) >= 11 is 0. The van der Waals surface area contributed by atoms with Gasteiger partial charge < -0.3 is 9.63 Å². The average molecular weight is 235 g/mol. The van der Waals surface area contributed by atoms with Crippen LogP contribution in [0.4, 0.5) is 0 Å². The van der Waals surface area contributed by atoms with Crippen LogP contribution >= 0.6 is 0 Å². The number of aromatic carboxylic acids is 1. The number of hydrogen-bond donors (Lipinski definition) is 1. The Kier molecular flexibility index (Phi) is 2.73. The molecule has 0 aliphatic rings. The van der Waals surface area contributed by atoms with Crippen molar-refractivity contribution in [3.8, 4) is 0 Å². The molecule has 0 aromatic carbocycles. The Morgan fingerprint density at radius 3 is 2.88 bits per heavy atom. The number of aryl methyl sites for hydroxylation is 1. The average Bonchev–Trinajstić information content (AvgIpc) is 2.71. The van der Waals surface area contributed by atoms with Gasteiger partial charge in [-0.3, -0.25) is 4.79 Å². The highest BCUT2D eigenvalue weighted by Crippen LogP contribution is 2.04. The molecule has 7 nitrogen and oxygen atoms in total. The predicted molar refractivity (Wildman–Crippen MR) is 55.8 cm³/mol. The number of hydrogen-bond acceptors (Lipinski definition) is 5. The molecule has 0 radical (unpaired) electrons. The molecule has 0 fully saturated rings. The number of rotatable bonds is 3. The Hall–Kier alpha value is -2.44. The van der Waals surface area contributed by atoms with Crippen molar-refractivity contribution in [2.24, 2.45) is 0 Å². The van der Waals surface area contributed by atoms with E-state index in [1.165, 1.54) is 23.0 Å². The minimum atomic E-state index is -1.18. The molecule has 0 atom stereocenters. The fourth-order valence-electron chi connectivity index (χ4n) is 1.28. The third-order valence-corrected chi connectivity index (χ3v) is 2.09. The van der Waals surface area contributed by atoms with Gasteiger partial charge in [0.05, 0.1) is 6.20 Å². The number of carboxylic acids is 1. The summed E-state index contributed by atoms with van der Waals surface area (Å²) in [5, 5.41) is 15.9. The lowest BCUT2D eigenvalue weighted by molar-refractivity contribution is 0.0685. The number of carboxylic acid groups (broad SMARTS) is 1. The quantitative estimate of drug-likeness (QED) is 0.820. The topological polar surface area (TPSA) is 98.2 Å². The molecule has 17 heavy (non-hydrogen) atoms. The molecule has 0 aliphatic carbocycles. The molecule has 0 bridgehead atoms. The first-order valence-corrected chi connectivity index (χ1v) is 4.79. The highest BCUT2D eigenvalue weighted by atomic mass is 16.5. The van der Waals surface area contributed by atoms with E-state index in [9.17, 15) is 9.59 Å². The van der Waals surface area contributed by atoms with Gasteiger partial charge >= 0.3 is 5.97 Å². The van der Waals surface area contributed by atoms with Crippen molar-refractivity contribution in [1.29, 1.82) is 0 Å². The Morgan fingerprint density at radius 2 is 2.29 bits per heavy atom. The van der Waals surface area contributed by atoms with Gasteiger partial charge in [0.2, 0.25) is 0 Å². The van der Waals surface area contributed by atoms with Crippen LogP contribution in [-0.4, -0.2) is 26.0 Å². The molecule has 0 saturated heterocycles. The van der Waals surface area contributed by atoms with E-state index in [4.69, 9.17) is 9.63 Å². The molecule has 0 spiro atoms. The molecule has 2 aromatic rings. The van der Waals surface area contributed by atoms with Crippen LogP contribution in [0.1, 0.15) is 21.8 Å². The van der Waals surface area contributed by atoms with E-state index in [1.807, 2.05) is 0 Å². The van der Waals surface area contributed by atoms with Crippen LogP contribution in [0, 0.1) is 6.92 Å². The smallest absolute Gasteiger partial charge is 0.358 e. The molecule has 88 valence electrons. The van der Waals surface area contributed by atoms with Gasteiger partial charge in [-0.25, -0.2) is 9.48 Å². The highest BCUT2D eigenvalue weighted by Gasteiger charge is 2.11. The van der Waals surface area contributed by atoms with Crippen LogP contribution in [0.5, 0.6) is 0 Å². The molecule has 2 rings (SSSR count). The maximum absolute atomic E-state index is 11.5. The van der Waals surface area contributed by atoms with Gasteiger partial charge in [0.1, 0.15) is 6.54 Å². The second kappa shape index (κ2) is 4.20. The standard InChI is InChI=1S/C10H9N3O4/c1-6-2-9(14)13(11-4-6)5-7-3-8(10(15)16)12-17-7/h2-4H,5H2,1H3,(H,15,16). The van der Waals surface area contributed by atoms with Gasteiger partial charge in [-0.2, -0.15) is 5.10 Å². The van der Waals surface area contributed by atoms with Crippen LogP contribution < -0.4 is 5.56 Å². The minimum Gasteiger partial charge on any atom is -0.476 e. The fourth-order valence-corrected chi connectivity index (χ4v) is 1.28. The summed E-state index contributed by atoms with van der Waals surface area (Å²) in [4.78, 5) is 22.1. The first-order valence-electron chi connectivity index (χ1n) is 4.79. The van der Waals surface area contributed by atoms with Gasteiger partial charge in [0.15, 0.2) is 11.5 Å². The maximum atomic E-state index is 11.5. The summed E-state index contributed by atoms with van der Waals surface area (Å²) in [5.41, 5.74) is 0.286. The Balaban J connectivity index is 2.25. The molecule has 0 aliphatic heterocycles. The zero-order valence-corrected chi connectivity index (χ0v) is 8.95. The van der Waals surface area contributed by atoms with Crippen molar-refractivity contribution >= 4 is 5.97 Å². The summed E-state index contributed by atoms with van der Waals surface area (Å²) in [6.45, 7) is 1.81. The third kappa shape index (κ3) is 2.39. The monoisotopic (exact) mass is 235 g/mol. The zero-order chi connectivity index (χ0) is 12.4. The first kappa shape index (κ1) is 11.1. The molecule has 2 aromatic heterocycles. The molecule has 0 amide bonds. The molecule has 2 heterocycles. The van der Waals surface area contributed by atoms with Gasteiger partial charge in [0.25, 0.3) is 5.56 Å². The summed E-state index contributed by atoms with van der Waals surface area (Å²) in [5.74, 6) is -0.912. The Bertz CT molecular complexity index is 614. The molecule has 0 saturated carbocycles. The van der Waals surface area contributed by atoms with Gasteiger partial charge in [-0.05, 0) is 12.5 Å². The summed E-state index contributed by atoms with van der Waals surface area (Å²) < 4.78 is 5.95. The lowest BCUT2D eigenvalue weighted by Crippen LogP contribution is -2.22. The van der Waals surface area contributed by atoms with Crippen molar-refractivity contribution in [2.45, 2.75) is 13.5 Å². The third-order valence-electron chi connectivity index (χ3n) is 2.09. The summed E-state index contributed by atoms with van der Waals surface area (Å²) in [6.07, 6.45) is 1.54. The van der Waals surface area contributed by atoms with Crippen LogP contribution in [0.2, 0.25) is 0 Å². The van der Waals surface area contributed by atoms with E-state index in [0.717, 1.165) is 5.56 Å². The van der Waals surface area contributed by atoms with E-state index in [0.29, 0.717) is 0 Å². The van der Waals surface area contributed by atoms with E-state index >= 15 is 0 Å². The van der Waals surface area contributed by atoms with Crippen LogP contribution in [0.15, 0.2) is 27.6 Å². The first-order chi connectivity index (χ1) is 8.06. The van der Waals surface area contributed by atoms with Gasteiger partial charge in [-0.1, -0.05) is 5.16 Å². The van der Waals surface area contributed by atoms with E-state index in [-0.39, 0.29) is 23.6 Å². The second-order valence-corrected chi connectivity index (χ2v) is 3.51. The molecular formula is C10H9N3O4. The van der Waals surface area contributed by atoms with Crippen LogP contribution in [-0.2, 0) is 6.54 Å². The van der Waals surface area contributed by atoms with E-state index < -0.39 is 5.97 Å². The maximum Gasteiger partial charge on any atom is 0.358 e. The van der Waals surface area contributed by atoms with Crippen molar-refractivity contribution in [3.63, 3.8) is 0 Å². The summed E-state index contributed by atoms with van der Waals surface area (Å²) in [7, 11) is 0. The minimum absolute atomic E-state index is 0.0550. The lowest BCUT2D eigenvalue weighted by atomic mass is 10.3. The van der Waals surface area contributed by atoms with E-state index in [2.05, 4.69) is 10.3 Å². The normalized spacial score (nSPS) is 10.4. The zero-order valence-electron chi connectivity index (χ0n) is 8.95. The Morgan fingerprint density at radius 1 is 1.53 bits per heavy atom. The Labute approximate surface area is 95.3 Å². The van der Waals surface area contributed by atoms with Gasteiger partial charge in [0, 0.05) is 12.1 Å². The SMILES string of the molecule is Cc1cnn(Cc2cc(C(=O)O)no2)c(=O)c1. The lowest BCUT2D eigenvalue weighted by Gasteiger charge is -2.00. The van der Waals surface area contributed by atoms with Crippen LogP contribution in [0.3, 0.4) is 0 Å². The number of aromatic nitrogens is 3. The molecule has 1 N–H and O–H groups in total. The molecular weight excluding hydrogens is 226 g/mol.